The number of nitrogens with zero attached hydrogens (tertiary/aromatic N) is 1. The van der Waals surface area contributed by atoms with E-state index in [0.29, 0.717) is 25.8 Å². The normalized spacial score (nSPS) is 27.2. The molecule has 2 aliphatic heterocycles. The van der Waals surface area contributed by atoms with Gasteiger partial charge in [-0.05, 0) is 54.3 Å². The lowest BCUT2D eigenvalue weighted by atomic mass is 9.49. The van der Waals surface area contributed by atoms with Gasteiger partial charge in [0.15, 0.2) is 0 Å². The Bertz CT molecular complexity index is 1300. The summed E-state index contributed by atoms with van der Waals surface area (Å²) in [5.41, 5.74) is 3.45. The van der Waals surface area contributed by atoms with E-state index in [1.54, 1.807) is 0 Å². The lowest BCUT2D eigenvalue weighted by Crippen LogP contribution is -2.73. The van der Waals surface area contributed by atoms with Crippen molar-refractivity contribution in [2.24, 2.45) is 34.3 Å². The molecule has 13 heteroatoms. The average Bonchev–Trinajstić information content (AvgIpc) is 2.90. The van der Waals surface area contributed by atoms with Gasteiger partial charge in [-0.1, -0.05) is 73.1 Å². The molecule has 0 aromatic heterocycles. The fourth-order valence-corrected chi connectivity index (χ4v) is 9.37. The second-order valence-corrected chi connectivity index (χ2v) is 18.1. The van der Waals surface area contributed by atoms with Crippen LogP contribution >= 0.6 is 0 Å². The van der Waals surface area contributed by atoms with Crippen molar-refractivity contribution in [2.45, 2.75) is 122 Å². The lowest BCUT2D eigenvalue weighted by Gasteiger charge is -2.63. The number of rotatable bonds is 11. The molecular weight excluding hydrogens is 598 g/mol. The fourth-order valence-electron chi connectivity index (χ4n) is 8.00. The number of amides is 5. The number of hydrogen-bond donors (Lipinski definition) is 4. The number of urea groups is 1. The minimum absolute atomic E-state index is 0.156. The SMILES string of the molecule is CC(C)(C)[C@H](NC(=O)NC1(CS(C)(=O)=O)CCCCC1)C(=O)N1C[C@H]2C[C@@H]([C@H]1C(=O)NC(CC1CCC1)C(=O)C(N)=O)C2(C)C. The molecule has 5 rings (SSSR count). The Balaban J connectivity index is 1.57. The molecule has 1 unspecified atom stereocenters. The van der Waals surface area contributed by atoms with E-state index >= 15 is 0 Å². The highest BCUT2D eigenvalue weighted by molar-refractivity contribution is 7.90. The molecule has 45 heavy (non-hydrogen) atoms. The minimum atomic E-state index is -3.39. The van der Waals surface area contributed by atoms with Crippen LogP contribution in [0.5, 0.6) is 0 Å². The van der Waals surface area contributed by atoms with E-state index in [4.69, 9.17) is 5.73 Å². The Labute approximate surface area is 267 Å². The number of nitrogens with two attached hydrogens (primary N) is 1. The Morgan fingerprint density at radius 1 is 0.978 bits per heavy atom. The molecule has 0 radical (unpaired) electrons. The zero-order valence-electron chi connectivity index (χ0n) is 27.7. The first-order chi connectivity index (χ1) is 20.7. The van der Waals surface area contributed by atoms with Crippen molar-refractivity contribution < 1.29 is 32.4 Å². The third kappa shape index (κ3) is 7.82. The van der Waals surface area contributed by atoms with Crippen LogP contribution in [0.25, 0.3) is 0 Å². The standard InChI is InChI=1S/C32H53N5O7S/c1-30(2,3)25(35-29(42)36-32(18-45(6,43)44)13-8-7-9-14-32)28(41)37-17-20-16-21(31(20,4)5)23(37)27(40)34-22(24(38)26(33)39)15-19-11-10-12-19/h19-23,25H,7-18H2,1-6H3,(H2,33,39)(H,34,40)(H2,35,36,42)/t20-,21+,22?,23+,25-/m1/s1. The maximum absolute atomic E-state index is 14.4. The lowest BCUT2D eigenvalue weighted by molar-refractivity contribution is -0.179. The van der Waals surface area contributed by atoms with Crippen LogP contribution in [0.2, 0.25) is 0 Å². The number of nitrogens with one attached hydrogen (secondary N) is 3. The Hall–Kier alpha value is -2.70. The number of fused-ring (bicyclic) bond motifs is 2. The summed E-state index contributed by atoms with van der Waals surface area (Å²) in [5.74, 6) is -2.84. The number of primary amides is 1. The predicted octanol–water partition coefficient (Wildman–Crippen LogP) is 2.05. The van der Waals surface area contributed by atoms with Gasteiger partial charge in [-0.15, -0.1) is 0 Å². The van der Waals surface area contributed by atoms with Gasteiger partial charge in [-0.2, -0.15) is 0 Å². The number of carbonyl (C=O) groups is 5. The molecule has 5 N–H and O–H groups in total. The summed E-state index contributed by atoms with van der Waals surface area (Å²) in [6.45, 7) is 9.94. The van der Waals surface area contributed by atoms with Crippen LogP contribution in [0, 0.1) is 28.6 Å². The van der Waals surface area contributed by atoms with Crippen molar-refractivity contribution in [3.8, 4) is 0 Å². The van der Waals surface area contributed by atoms with Gasteiger partial charge in [0.1, 0.15) is 21.9 Å². The highest BCUT2D eigenvalue weighted by atomic mass is 32.2. The monoisotopic (exact) mass is 651 g/mol. The molecule has 5 atom stereocenters. The van der Waals surface area contributed by atoms with Crippen molar-refractivity contribution in [2.75, 3.05) is 18.6 Å². The van der Waals surface area contributed by atoms with Crippen LogP contribution in [0.3, 0.4) is 0 Å². The van der Waals surface area contributed by atoms with Crippen molar-refractivity contribution in [1.29, 1.82) is 0 Å². The molecule has 2 heterocycles. The molecule has 0 aromatic carbocycles. The number of carbonyl (C=O) groups excluding carboxylic acids is 5. The second-order valence-electron chi connectivity index (χ2n) is 15.9. The van der Waals surface area contributed by atoms with Crippen molar-refractivity contribution >= 4 is 39.4 Å². The Morgan fingerprint density at radius 2 is 1.60 bits per heavy atom. The third-order valence-corrected chi connectivity index (χ3v) is 12.1. The van der Waals surface area contributed by atoms with Gasteiger partial charge in [0, 0.05) is 12.8 Å². The summed E-state index contributed by atoms with van der Waals surface area (Å²) in [5, 5.41) is 8.59. The van der Waals surface area contributed by atoms with Crippen molar-refractivity contribution in [1.82, 2.24) is 20.9 Å². The Kier molecular flexibility index (Phi) is 10.0. The van der Waals surface area contributed by atoms with E-state index in [1.165, 1.54) is 4.90 Å². The van der Waals surface area contributed by atoms with Crippen LogP contribution in [0.4, 0.5) is 4.79 Å². The molecule has 3 saturated carbocycles. The zero-order chi connectivity index (χ0) is 33.5. The molecule has 0 aromatic rings. The molecule has 5 fully saturated rings. The maximum Gasteiger partial charge on any atom is 0.315 e. The maximum atomic E-state index is 14.4. The van der Waals surface area contributed by atoms with E-state index < -0.39 is 68.5 Å². The summed E-state index contributed by atoms with van der Waals surface area (Å²) in [4.78, 5) is 68.1. The van der Waals surface area contributed by atoms with Gasteiger partial charge in [-0.25, -0.2) is 13.2 Å². The Morgan fingerprint density at radius 3 is 2.09 bits per heavy atom. The molecule has 5 amide bonds. The smallest absolute Gasteiger partial charge is 0.315 e. The third-order valence-electron chi connectivity index (χ3n) is 11.0. The number of piperidine rings is 2. The molecule has 0 spiro atoms. The average molecular weight is 652 g/mol. The summed E-state index contributed by atoms with van der Waals surface area (Å²) >= 11 is 0. The minimum Gasteiger partial charge on any atom is -0.363 e. The van der Waals surface area contributed by atoms with E-state index in [0.717, 1.165) is 51.2 Å². The first-order valence-electron chi connectivity index (χ1n) is 16.4. The molecule has 5 aliphatic rings. The number of hydrogen-bond acceptors (Lipinski definition) is 7. The highest BCUT2D eigenvalue weighted by Crippen LogP contribution is 2.57. The quantitative estimate of drug-likeness (QED) is 0.246. The van der Waals surface area contributed by atoms with Crippen molar-refractivity contribution in [3.63, 3.8) is 0 Å². The van der Waals surface area contributed by atoms with E-state index in [9.17, 15) is 32.4 Å². The summed E-state index contributed by atoms with van der Waals surface area (Å²) in [7, 11) is -3.39. The molecule has 12 nitrogen and oxygen atoms in total. The number of Topliss-reactive ketones (excluding diaryl/α,β-unsaturated/α-hetero) is 1. The van der Waals surface area contributed by atoms with Crippen molar-refractivity contribution in [3.05, 3.63) is 0 Å². The topological polar surface area (TPSA) is 185 Å². The summed E-state index contributed by atoms with van der Waals surface area (Å²) < 4.78 is 24.6. The summed E-state index contributed by atoms with van der Waals surface area (Å²) in [6, 6.07) is -3.59. The predicted molar refractivity (Wildman–Crippen MR) is 169 cm³/mol. The van der Waals surface area contributed by atoms with Gasteiger partial charge in [0.2, 0.25) is 17.6 Å². The van der Waals surface area contributed by atoms with Gasteiger partial charge < -0.3 is 26.6 Å². The highest BCUT2D eigenvalue weighted by Gasteiger charge is 2.61. The molecular formula is C32H53N5O7S. The van der Waals surface area contributed by atoms with Crippen LogP contribution in [-0.2, 0) is 29.0 Å². The number of ketones is 1. The van der Waals surface area contributed by atoms with Crippen LogP contribution < -0.4 is 21.7 Å². The van der Waals surface area contributed by atoms with Gasteiger partial charge in [0.25, 0.3) is 5.91 Å². The fraction of sp³-hybridized carbons (Fsp3) is 0.844. The van der Waals surface area contributed by atoms with Gasteiger partial charge in [0.05, 0.1) is 17.3 Å². The summed E-state index contributed by atoms with van der Waals surface area (Å²) in [6.07, 6.45) is 8.69. The molecule has 3 aliphatic carbocycles. The molecule has 2 bridgehead atoms. The second kappa shape index (κ2) is 12.8. The van der Waals surface area contributed by atoms with Gasteiger partial charge >= 0.3 is 6.03 Å². The van der Waals surface area contributed by atoms with Crippen LogP contribution in [0.15, 0.2) is 0 Å². The van der Waals surface area contributed by atoms with E-state index in [2.05, 4.69) is 29.8 Å². The largest absolute Gasteiger partial charge is 0.363 e. The molecule has 2 saturated heterocycles. The van der Waals surface area contributed by atoms with E-state index in [-0.39, 0.29) is 28.9 Å². The molecule has 254 valence electrons. The van der Waals surface area contributed by atoms with Gasteiger partial charge in [-0.3, -0.25) is 19.2 Å². The van der Waals surface area contributed by atoms with Crippen LogP contribution in [0.1, 0.15) is 98.8 Å². The van der Waals surface area contributed by atoms with Crippen LogP contribution in [-0.4, -0.2) is 85.1 Å². The first-order valence-corrected chi connectivity index (χ1v) is 18.5. The first kappa shape index (κ1) is 35.2. The number of sulfone groups is 1. The van der Waals surface area contributed by atoms with E-state index in [1.807, 2.05) is 20.8 Å². The zero-order valence-corrected chi connectivity index (χ0v) is 28.6.